The lowest BCUT2D eigenvalue weighted by molar-refractivity contribution is -0.167. The zero-order valence-corrected chi connectivity index (χ0v) is 33.8. The Bertz CT molecular complexity index is 2110. The van der Waals surface area contributed by atoms with Gasteiger partial charge in [-0.25, -0.2) is 4.79 Å². The van der Waals surface area contributed by atoms with Crippen molar-refractivity contribution in [2.45, 2.75) is 71.6 Å². The number of nitrogens with zero attached hydrogens (tertiary/aromatic N) is 2. The van der Waals surface area contributed by atoms with Crippen LogP contribution in [0.25, 0.3) is 0 Å². The van der Waals surface area contributed by atoms with Gasteiger partial charge in [-0.3, -0.25) is 18.3 Å². The number of ether oxygens (including phenoxy) is 5. The van der Waals surface area contributed by atoms with Gasteiger partial charge in [-0.1, -0.05) is 54.6 Å². The number of benzene rings is 3. The molecule has 5 rings (SSSR count). The van der Waals surface area contributed by atoms with Crippen molar-refractivity contribution in [2.75, 3.05) is 32.4 Å². The van der Waals surface area contributed by atoms with E-state index in [1.807, 2.05) is 78.9 Å². The van der Waals surface area contributed by atoms with Gasteiger partial charge in [0, 0.05) is 6.20 Å². The number of carbonyl (C=O) groups excluding carboxylic acids is 2. The molecule has 2 heterocycles. The average Bonchev–Trinajstić information content (AvgIpc) is 3.46. The minimum atomic E-state index is -4.18. The smallest absolute Gasteiger partial charge is 0.351 e. The Hall–Kier alpha value is -5.25. The number of hydrogen-bond acceptors (Lipinski definition) is 13. The van der Waals surface area contributed by atoms with Gasteiger partial charge in [-0.15, -0.1) is 0 Å². The van der Waals surface area contributed by atoms with E-state index in [4.69, 9.17) is 27.9 Å². The van der Waals surface area contributed by atoms with Gasteiger partial charge in [0.2, 0.25) is 0 Å². The molecule has 15 heteroatoms. The number of methoxy groups -OCH3 is 2. The van der Waals surface area contributed by atoms with E-state index >= 15 is 0 Å². The Morgan fingerprint density at radius 2 is 1.29 bits per heavy atom. The van der Waals surface area contributed by atoms with Crippen molar-refractivity contribution in [3.63, 3.8) is 0 Å². The van der Waals surface area contributed by atoms with E-state index in [-0.39, 0.29) is 5.82 Å². The van der Waals surface area contributed by atoms with Gasteiger partial charge < -0.3 is 29.0 Å². The van der Waals surface area contributed by atoms with Crippen LogP contribution in [0.5, 0.6) is 11.5 Å². The molecule has 1 N–H and O–H groups in total. The normalized spacial score (nSPS) is 18.9. The molecule has 0 unspecified atom stereocenters. The maximum absolute atomic E-state index is 14.1. The maximum atomic E-state index is 14.1. The van der Waals surface area contributed by atoms with E-state index < -0.39 is 75.3 Å². The van der Waals surface area contributed by atoms with Crippen molar-refractivity contribution in [2.24, 2.45) is 10.8 Å². The van der Waals surface area contributed by atoms with Gasteiger partial charge in [0.15, 0.2) is 12.3 Å². The summed E-state index contributed by atoms with van der Waals surface area (Å²) in [5.41, 5.74) is -1.45. The first-order valence-electron chi connectivity index (χ1n) is 17.9. The number of carbonyl (C=O) groups is 2. The topological polar surface area (TPSA) is 171 Å². The summed E-state index contributed by atoms with van der Waals surface area (Å²) in [6, 6.07) is 26.2. The van der Waals surface area contributed by atoms with Crippen LogP contribution in [-0.4, -0.2) is 75.3 Å². The van der Waals surface area contributed by atoms with Crippen molar-refractivity contribution in [3.05, 3.63) is 118 Å². The van der Waals surface area contributed by atoms with Crippen LogP contribution in [0.3, 0.4) is 0 Å². The van der Waals surface area contributed by atoms with Crippen molar-refractivity contribution in [1.82, 2.24) is 9.55 Å². The number of nitrogens with one attached hydrogen (secondary N) is 1. The predicted octanol–water partition coefficient (Wildman–Crippen LogP) is 5.45. The fourth-order valence-electron chi connectivity index (χ4n) is 6.14. The molecule has 3 aromatic carbocycles. The molecular weight excluding hydrogens is 743 g/mol. The number of hydrogen-bond donors (Lipinski definition) is 1. The van der Waals surface area contributed by atoms with Crippen molar-refractivity contribution < 1.29 is 45.9 Å². The molecule has 14 nitrogen and oxygen atoms in total. The molecule has 300 valence electrons. The van der Waals surface area contributed by atoms with Gasteiger partial charge in [-0.2, -0.15) is 13.4 Å². The summed E-state index contributed by atoms with van der Waals surface area (Å²) in [6.07, 6.45) is -3.43. The van der Waals surface area contributed by atoms with Crippen molar-refractivity contribution >= 4 is 27.9 Å². The van der Waals surface area contributed by atoms with Crippen LogP contribution in [0, 0.1) is 10.8 Å². The van der Waals surface area contributed by atoms with E-state index in [2.05, 4.69) is 10.3 Å². The molecule has 1 aromatic heterocycles. The van der Waals surface area contributed by atoms with E-state index in [9.17, 15) is 22.8 Å². The second-order valence-electron chi connectivity index (χ2n) is 15.5. The summed E-state index contributed by atoms with van der Waals surface area (Å²) in [7, 11) is -1.02. The third-order valence-electron chi connectivity index (χ3n) is 9.09. The number of esters is 2. The summed E-state index contributed by atoms with van der Waals surface area (Å²) in [4.78, 5) is 44.6. The first kappa shape index (κ1) is 41.9. The van der Waals surface area contributed by atoms with Crippen LogP contribution in [-0.2, 0) is 43.6 Å². The quantitative estimate of drug-likeness (QED) is 0.103. The highest BCUT2D eigenvalue weighted by atomic mass is 32.2. The molecule has 1 aliphatic heterocycles. The fourth-order valence-corrected chi connectivity index (χ4v) is 6.78. The molecule has 1 aliphatic rings. The fraction of sp³-hybridized carbons (Fsp3) is 0.415. The molecule has 4 atom stereocenters. The van der Waals surface area contributed by atoms with Crippen LogP contribution in [0.2, 0.25) is 0 Å². The van der Waals surface area contributed by atoms with E-state index in [1.165, 1.54) is 6.20 Å². The number of rotatable bonds is 13. The van der Waals surface area contributed by atoms with Crippen LogP contribution in [0.4, 0.5) is 5.82 Å². The highest BCUT2D eigenvalue weighted by Gasteiger charge is 2.52. The minimum Gasteiger partial charge on any atom is -0.497 e. The zero-order chi connectivity index (χ0) is 41.1. The molecule has 1 saturated heterocycles. The number of anilines is 1. The lowest BCUT2D eigenvalue weighted by Crippen LogP contribution is -2.44. The SMILES string of the molecule is COc1ccc(C(Nc2ccn([C@@H]3O[C@H](COC(=O)C(C)(C)C)[C@@H](OS(C)(=O)=O)[C@H]3OC(=O)C(C)(C)C)c(=O)n2)(c2ccccc2)c2ccc(OC)cc2)cc1. The third-order valence-corrected chi connectivity index (χ3v) is 9.66. The summed E-state index contributed by atoms with van der Waals surface area (Å²) in [5, 5.41) is 3.54. The summed E-state index contributed by atoms with van der Waals surface area (Å²) >= 11 is 0. The second kappa shape index (κ2) is 16.5. The van der Waals surface area contributed by atoms with Crippen LogP contribution >= 0.6 is 0 Å². The van der Waals surface area contributed by atoms with Crippen LogP contribution < -0.4 is 20.5 Å². The highest BCUT2D eigenvalue weighted by Crippen LogP contribution is 2.41. The lowest BCUT2D eigenvalue weighted by Gasteiger charge is -2.37. The van der Waals surface area contributed by atoms with Crippen molar-refractivity contribution in [3.8, 4) is 11.5 Å². The Morgan fingerprint density at radius 3 is 1.75 bits per heavy atom. The summed E-state index contributed by atoms with van der Waals surface area (Å²) < 4.78 is 60.1. The van der Waals surface area contributed by atoms with Gasteiger partial charge in [0.25, 0.3) is 10.1 Å². The summed E-state index contributed by atoms with van der Waals surface area (Å²) in [5.74, 6) is 0.165. The molecule has 0 aliphatic carbocycles. The van der Waals surface area contributed by atoms with E-state index in [0.717, 1.165) is 27.5 Å². The van der Waals surface area contributed by atoms with Crippen molar-refractivity contribution in [1.29, 1.82) is 0 Å². The minimum absolute atomic E-state index is 0.169. The molecule has 0 spiro atoms. The van der Waals surface area contributed by atoms with E-state index in [1.54, 1.807) is 61.8 Å². The van der Waals surface area contributed by atoms with Gasteiger partial charge in [0.05, 0.1) is 31.3 Å². The first-order valence-corrected chi connectivity index (χ1v) is 19.7. The van der Waals surface area contributed by atoms with Gasteiger partial charge >= 0.3 is 17.6 Å². The van der Waals surface area contributed by atoms with Gasteiger partial charge in [-0.05, 0) is 88.6 Å². The monoisotopic (exact) mass is 791 g/mol. The Balaban J connectivity index is 1.62. The Labute approximate surface area is 327 Å². The zero-order valence-electron chi connectivity index (χ0n) is 33.0. The standard InChI is InChI=1S/C41H49N3O11S/c1-39(2,3)36(45)52-25-31-33(55-56(9,48)49)34(54-37(46)40(4,5)6)35(53-31)44-24-23-32(42-38(44)47)43-41(26-13-11-10-12-14-26,27-15-19-29(50-7)20-16-27)28-17-21-30(51-8)22-18-28/h10-24,31,33-35H,25H2,1-9H3,(H,42,43,47)/t31-,33-,34-,35-/m1/s1. The predicted molar refractivity (Wildman–Crippen MR) is 208 cm³/mol. The molecule has 1 fully saturated rings. The molecule has 0 radical (unpaired) electrons. The molecular formula is C41H49N3O11S. The average molecular weight is 792 g/mol. The third kappa shape index (κ3) is 9.40. The Kier molecular flexibility index (Phi) is 12.3. The van der Waals surface area contributed by atoms with Gasteiger partial charge in [0.1, 0.15) is 41.7 Å². The molecule has 4 aromatic rings. The lowest BCUT2D eigenvalue weighted by atomic mass is 9.77. The first-order chi connectivity index (χ1) is 26.3. The maximum Gasteiger partial charge on any atom is 0.351 e. The largest absolute Gasteiger partial charge is 0.497 e. The van der Waals surface area contributed by atoms with Crippen LogP contribution in [0.1, 0.15) is 64.5 Å². The molecule has 0 bridgehead atoms. The summed E-state index contributed by atoms with van der Waals surface area (Å²) in [6.45, 7) is 9.37. The second-order valence-corrected chi connectivity index (χ2v) is 17.1. The molecule has 0 saturated carbocycles. The highest BCUT2D eigenvalue weighted by molar-refractivity contribution is 7.86. The number of aromatic nitrogens is 2. The molecule has 0 amide bonds. The van der Waals surface area contributed by atoms with E-state index in [0.29, 0.717) is 11.5 Å². The Morgan fingerprint density at radius 1 is 0.768 bits per heavy atom. The molecule has 56 heavy (non-hydrogen) atoms. The van der Waals surface area contributed by atoms with Crippen LogP contribution in [0.15, 0.2) is 95.9 Å².